The van der Waals surface area contributed by atoms with Gasteiger partial charge in [0.1, 0.15) is 12.1 Å². The highest BCUT2D eigenvalue weighted by Gasteiger charge is 2.16. The number of nitrogens with zero attached hydrogens (tertiary/aromatic N) is 3. The predicted octanol–water partition coefficient (Wildman–Crippen LogP) is 2.85. The molecule has 0 aliphatic heterocycles. The molecule has 0 bridgehead atoms. The molecule has 0 spiro atoms. The second kappa shape index (κ2) is 8.19. The summed E-state index contributed by atoms with van der Waals surface area (Å²) in [4.78, 5) is 12.1. The van der Waals surface area contributed by atoms with E-state index in [1.165, 1.54) is 37.4 Å². The first-order chi connectivity index (χ1) is 11.3. The maximum atomic E-state index is 12.1. The maximum absolute atomic E-state index is 12.1. The van der Waals surface area contributed by atoms with Gasteiger partial charge in [0.15, 0.2) is 5.16 Å². The van der Waals surface area contributed by atoms with Crippen LogP contribution >= 0.6 is 11.8 Å². The second-order valence-corrected chi connectivity index (χ2v) is 6.81. The highest BCUT2D eigenvalue weighted by Crippen LogP contribution is 2.19. The van der Waals surface area contributed by atoms with Crippen LogP contribution in [0.5, 0.6) is 0 Å². The summed E-state index contributed by atoms with van der Waals surface area (Å²) < 4.78 is 7.23. The lowest BCUT2D eigenvalue weighted by Gasteiger charge is -2.15. The van der Waals surface area contributed by atoms with E-state index in [0.717, 1.165) is 23.8 Å². The fourth-order valence-corrected chi connectivity index (χ4v) is 3.58. The van der Waals surface area contributed by atoms with Crippen molar-refractivity contribution < 1.29 is 9.21 Å². The van der Waals surface area contributed by atoms with Crippen molar-refractivity contribution in [3.8, 4) is 0 Å². The third-order valence-electron chi connectivity index (χ3n) is 4.04. The molecule has 0 radical (unpaired) electrons. The van der Waals surface area contributed by atoms with Gasteiger partial charge in [0.2, 0.25) is 5.91 Å². The number of furan rings is 1. The molecular formula is C16H22N4O2S. The van der Waals surface area contributed by atoms with E-state index in [1.807, 2.05) is 16.7 Å². The van der Waals surface area contributed by atoms with Crippen molar-refractivity contribution >= 4 is 17.7 Å². The average molecular weight is 334 g/mol. The minimum absolute atomic E-state index is 0.0782. The van der Waals surface area contributed by atoms with Gasteiger partial charge in [-0.3, -0.25) is 4.79 Å². The lowest BCUT2D eigenvalue weighted by Crippen LogP contribution is -2.35. The number of thioether (sulfide) groups is 1. The van der Waals surface area contributed by atoms with E-state index in [9.17, 15) is 4.79 Å². The Labute approximate surface area is 140 Å². The number of aromatic nitrogens is 3. The first-order valence-electron chi connectivity index (χ1n) is 8.13. The lowest BCUT2D eigenvalue weighted by atomic mass is 10.1. The van der Waals surface area contributed by atoms with Crippen LogP contribution in [-0.2, 0) is 11.3 Å². The maximum Gasteiger partial charge on any atom is 0.230 e. The summed E-state index contributed by atoms with van der Waals surface area (Å²) >= 11 is 1.41. The van der Waals surface area contributed by atoms with Crippen molar-refractivity contribution in [3.05, 3.63) is 30.5 Å². The quantitative estimate of drug-likeness (QED) is 0.649. The Morgan fingerprint density at radius 1 is 1.35 bits per heavy atom. The molecule has 0 unspecified atom stereocenters. The smallest absolute Gasteiger partial charge is 0.230 e. The summed E-state index contributed by atoms with van der Waals surface area (Å²) in [5, 5.41) is 11.9. The third-order valence-corrected chi connectivity index (χ3v) is 5.02. The van der Waals surface area contributed by atoms with Crippen molar-refractivity contribution in [1.29, 1.82) is 0 Å². The minimum Gasteiger partial charge on any atom is -0.467 e. The van der Waals surface area contributed by atoms with Crippen LogP contribution < -0.4 is 5.32 Å². The van der Waals surface area contributed by atoms with Crippen LogP contribution in [0.4, 0.5) is 0 Å². The molecule has 2 heterocycles. The van der Waals surface area contributed by atoms with Gasteiger partial charge in [-0.15, -0.1) is 10.2 Å². The van der Waals surface area contributed by atoms with Gasteiger partial charge in [0, 0.05) is 6.04 Å². The third kappa shape index (κ3) is 4.86. The van der Waals surface area contributed by atoms with E-state index in [1.54, 1.807) is 12.6 Å². The van der Waals surface area contributed by atoms with Gasteiger partial charge >= 0.3 is 0 Å². The molecule has 0 saturated heterocycles. The molecule has 0 atom stereocenters. The van der Waals surface area contributed by atoms with Gasteiger partial charge < -0.3 is 14.3 Å². The summed E-state index contributed by atoms with van der Waals surface area (Å²) in [6.45, 7) is 0.576. The van der Waals surface area contributed by atoms with Crippen LogP contribution in [0, 0.1) is 0 Å². The zero-order valence-corrected chi connectivity index (χ0v) is 13.9. The Morgan fingerprint density at radius 3 is 2.91 bits per heavy atom. The van der Waals surface area contributed by atoms with Crippen LogP contribution in [0.15, 0.2) is 34.3 Å². The predicted molar refractivity (Wildman–Crippen MR) is 88.2 cm³/mol. The molecule has 2 aromatic rings. The fraction of sp³-hybridized carbons (Fsp3) is 0.562. The molecule has 2 aromatic heterocycles. The Balaban J connectivity index is 1.48. The van der Waals surface area contributed by atoms with E-state index >= 15 is 0 Å². The Kier molecular flexibility index (Phi) is 5.74. The normalized spacial score (nSPS) is 16.2. The van der Waals surface area contributed by atoms with Gasteiger partial charge in [-0.2, -0.15) is 0 Å². The van der Waals surface area contributed by atoms with Crippen molar-refractivity contribution in [2.45, 2.75) is 56.3 Å². The van der Waals surface area contributed by atoms with Crippen LogP contribution in [-0.4, -0.2) is 32.5 Å². The van der Waals surface area contributed by atoms with Crippen LogP contribution in [0.1, 0.15) is 44.3 Å². The molecule has 1 saturated carbocycles. The molecule has 3 rings (SSSR count). The van der Waals surface area contributed by atoms with Crippen molar-refractivity contribution in [3.63, 3.8) is 0 Å². The van der Waals surface area contributed by atoms with Crippen molar-refractivity contribution in [2.75, 3.05) is 5.75 Å². The number of carbonyl (C=O) groups is 1. The fourth-order valence-electron chi connectivity index (χ4n) is 2.86. The van der Waals surface area contributed by atoms with E-state index in [4.69, 9.17) is 4.42 Å². The first-order valence-corrected chi connectivity index (χ1v) is 9.12. The molecule has 0 aromatic carbocycles. The number of hydrogen-bond donors (Lipinski definition) is 1. The Bertz CT molecular complexity index is 603. The number of carbonyl (C=O) groups excluding carboxylic acids is 1. The topological polar surface area (TPSA) is 73.0 Å². The zero-order chi connectivity index (χ0) is 15.9. The standard InChI is InChI=1S/C16H22N4O2S/c21-15(18-13-6-3-1-2-4-7-13)11-23-16-19-17-12-20(16)10-14-8-5-9-22-14/h5,8-9,12-13H,1-4,6-7,10-11H2,(H,18,21). The number of amides is 1. The Hall–Kier alpha value is -1.76. The van der Waals surface area contributed by atoms with Gasteiger partial charge in [0.05, 0.1) is 18.6 Å². The molecule has 1 aliphatic carbocycles. The summed E-state index contributed by atoms with van der Waals surface area (Å²) in [6.07, 6.45) is 10.5. The minimum atomic E-state index is 0.0782. The SMILES string of the molecule is O=C(CSc1nncn1Cc1ccco1)NC1CCCCCC1. The monoisotopic (exact) mass is 334 g/mol. The molecule has 1 N–H and O–H groups in total. The number of nitrogens with one attached hydrogen (secondary N) is 1. The lowest BCUT2D eigenvalue weighted by molar-refractivity contribution is -0.119. The highest BCUT2D eigenvalue weighted by atomic mass is 32.2. The van der Waals surface area contributed by atoms with Gasteiger partial charge in [-0.05, 0) is 25.0 Å². The molecule has 7 heteroatoms. The van der Waals surface area contributed by atoms with Crippen molar-refractivity contribution in [2.24, 2.45) is 0 Å². The second-order valence-electron chi connectivity index (χ2n) is 5.87. The largest absolute Gasteiger partial charge is 0.467 e. The van der Waals surface area contributed by atoms with Crippen molar-refractivity contribution in [1.82, 2.24) is 20.1 Å². The summed E-state index contributed by atoms with van der Waals surface area (Å²) in [6, 6.07) is 4.10. The number of hydrogen-bond acceptors (Lipinski definition) is 5. The number of rotatable bonds is 6. The molecule has 124 valence electrons. The van der Waals surface area contributed by atoms with Gasteiger partial charge in [0.25, 0.3) is 0 Å². The molecule has 1 fully saturated rings. The molecule has 23 heavy (non-hydrogen) atoms. The van der Waals surface area contributed by atoms with E-state index in [0.29, 0.717) is 18.3 Å². The van der Waals surface area contributed by atoms with E-state index in [2.05, 4.69) is 15.5 Å². The average Bonchev–Trinajstić information content (AvgIpc) is 3.14. The summed E-state index contributed by atoms with van der Waals surface area (Å²) in [5.74, 6) is 1.29. The van der Waals surface area contributed by atoms with Crippen LogP contribution in [0.2, 0.25) is 0 Å². The summed E-state index contributed by atoms with van der Waals surface area (Å²) in [7, 11) is 0. The molecular weight excluding hydrogens is 312 g/mol. The molecule has 1 amide bonds. The van der Waals surface area contributed by atoms with Crippen LogP contribution in [0.25, 0.3) is 0 Å². The van der Waals surface area contributed by atoms with E-state index < -0.39 is 0 Å². The van der Waals surface area contributed by atoms with E-state index in [-0.39, 0.29) is 5.91 Å². The molecule has 1 aliphatic rings. The summed E-state index contributed by atoms with van der Waals surface area (Å²) in [5.41, 5.74) is 0. The zero-order valence-electron chi connectivity index (χ0n) is 13.1. The van der Waals surface area contributed by atoms with Gasteiger partial charge in [-0.1, -0.05) is 37.4 Å². The Morgan fingerprint density at radius 2 is 2.17 bits per heavy atom. The molecule has 6 nitrogen and oxygen atoms in total. The highest BCUT2D eigenvalue weighted by molar-refractivity contribution is 7.99. The van der Waals surface area contributed by atoms with Gasteiger partial charge in [-0.25, -0.2) is 0 Å². The van der Waals surface area contributed by atoms with Crippen LogP contribution in [0.3, 0.4) is 0 Å². The first kappa shape index (κ1) is 16.1.